The van der Waals surface area contributed by atoms with E-state index in [1.54, 1.807) is 11.3 Å². The lowest BCUT2D eigenvalue weighted by Crippen LogP contribution is -2.42. The van der Waals surface area contributed by atoms with Gasteiger partial charge >= 0.3 is 0 Å². The Labute approximate surface area is 87.9 Å². The molecule has 0 bridgehead atoms. The minimum atomic E-state index is 0.334. The van der Waals surface area contributed by atoms with E-state index in [4.69, 9.17) is 11.5 Å². The van der Waals surface area contributed by atoms with Crippen molar-refractivity contribution in [2.24, 2.45) is 5.73 Å². The molecule has 78 valence electrons. The van der Waals surface area contributed by atoms with E-state index in [-0.39, 0.29) is 0 Å². The fraction of sp³-hybridized carbons (Fsp3) is 0.667. The number of piperidine rings is 1. The average molecular weight is 212 g/mol. The summed E-state index contributed by atoms with van der Waals surface area (Å²) in [5.74, 6) is 0.631. The molecule has 2 rings (SSSR count). The molecular weight excluding hydrogens is 196 g/mol. The number of hydrogen-bond donors (Lipinski definition) is 2. The third kappa shape index (κ3) is 2.43. The van der Waals surface area contributed by atoms with Crippen molar-refractivity contribution in [3.63, 3.8) is 0 Å². The highest BCUT2D eigenvalue weighted by Crippen LogP contribution is 2.16. The zero-order chi connectivity index (χ0) is 9.97. The van der Waals surface area contributed by atoms with E-state index in [9.17, 15) is 0 Å². The molecule has 0 radical (unpaired) electrons. The normalized spacial score (nSPS) is 23.9. The number of hydrogen-bond acceptors (Lipinski definition) is 5. The minimum absolute atomic E-state index is 0.334. The van der Waals surface area contributed by atoms with Crippen molar-refractivity contribution in [3.05, 3.63) is 10.4 Å². The topological polar surface area (TPSA) is 68.2 Å². The van der Waals surface area contributed by atoms with Crippen LogP contribution in [0.3, 0.4) is 0 Å². The van der Waals surface area contributed by atoms with Gasteiger partial charge in [-0.2, -0.15) is 0 Å². The lowest BCUT2D eigenvalue weighted by atomic mass is 10.1. The van der Waals surface area contributed by atoms with Crippen LogP contribution in [0.2, 0.25) is 0 Å². The SMILES string of the molecule is Nc1csc(CN2CCCC(N)C2)n1. The van der Waals surface area contributed by atoms with E-state index in [2.05, 4.69) is 9.88 Å². The summed E-state index contributed by atoms with van der Waals surface area (Å²) in [6.07, 6.45) is 2.35. The summed E-state index contributed by atoms with van der Waals surface area (Å²) < 4.78 is 0. The number of likely N-dealkylation sites (tertiary alicyclic amines) is 1. The van der Waals surface area contributed by atoms with Gasteiger partial charge in [0.15, 0.2) is 0 Å². The van der Waals surface area contributed by atoms with E-state index in [1.807, 2.05) is 5.38 Å². The molecule has 1 aliphatic heterocycles. The summed E-state index contributed by atoms with van der Waals surface area (Å²) in [5.41, 5.74) is 11.5. The van der Waals surface area contributed by atoms with Crippen LogP contribution in [-0.2, 0) is 6.54 Å². The van der Waals surface area contributed by atoms with Crippen molar-refractivity contribution >= 4 is 17.2 Å². The molecule has 1 aromatic rings. The largest absolute Gasteiger partial charge is 0.383 e. The molecular formula is C9H16N4S. The second kappa shape index (κ2) is 4.25. The standard InChI is InChI=1S/C9H16N4S/c10-7-2-1-3-13(4-7)5-9-12-8(11)6-14-9/h6-7H,1-5,10-11H2. The van der Waals surface area contributed by atoms with E-state index in [0.29, 0.717) is 11.9 Å². The Morgan fingerprint density at radius 1 is 1.64 bits per heavy atom. The van der Waals surface area contributed by atoms with Crippen LogP contribution in [0.25, 0.3) is 0 Å². The molecule has 5 heteroatoms. The molecule has 0 amide bonds. The highest BCUT2D eigenvalue weighted by atomic mass is 32.1. The Hall–Kier alpha value is -0.650. The van der Waals surface area contributed by atoms with E-state index in [1.165, 1.54) is 6.42 Å². The van der Waals surface area contributed by atoms with Crippen LogP contribution in [0.1, 0.15) is 17.8 Å². The second-order valence-corrected chi connectivity index (χ2v) is 4.75. The Bertz CT molecular complexity index is 299. The van der Waals surface area contributed by atoms with Crippen molar-refractivity contribution in [2.45, 2.75) is 25.4 Å². The van der Waals surface area contributed by atoms with Crippen LogP contribution in [0.4, 0.5) is 5.82 Å². The monoisotopic (exact) mass is 212 g/mol. The van der Waals surface area contributed by atoms with Crippen LogP contribution < -0.4 is 11.5 Å². The molecule has 2 heterocycles. The average Bonchev–Trinajstić information content (AvgIpc) is 2.51. The maximum absolute atomic E-state index is 5.90. The van der Waals surface area contributed by atoms with Crippen LogP contribution >= 0.6 is 11.3 Å². The molecule has 1 aromatic heterocycles. The predicted octanol–water partition coefficient (Wildman–Crippen LogP) is 0.648. The highest BCUT2D eigenvalue weighted by Gasteiger charge is 2.17. The molecule has 1 unspecified atom stereocenters. The van der Waals surface area contributed by atoms with Crippen molar-refractivity contribution in [2.75, 3.05) is 18.8 Å². The number of rotatable bonds is 2. The molecule has 1 atom stereocenters. The van der Waals surface area contributed by atoms with E-state index < -0.39 is 0 Å². The Kier molecular flexibility index (Phi) is 3.00. The van der Waals surface area contributed by atoms with Crippen molar-refractivity contribution in [3.8, 4) is 0 Å². The summed E-state index contributed by atoms with van der Waals surface area (Å²) >= 11 is 1.63. The highest BCUT2D eigenvalue weighted by molar-refractivity contribution is 7.09. The van der Waals surface area contributed by atoms with Crippen LogP contribution in [0.15, 0.2) is 5.38 Å². The number of anilines is 1. The van der Waals surface area contributed by atoms with Crippen molar-refractivity contribution < 1.29 is 0 Å². The van der Waals surface area contributed by atoms with Gasteiger partial charge in [0.25, 0.3) is 0 Å². The van der Waals surface area contributed by atoms with Gasteiger partial charge in [0.05, 0.1) is 6.54 Å². The second-order valence-electron chi connectivity index (χ2n) is 3.80. The molecule has 0 spiro atoms. The predicted molar refractivity (Wildman–Crippen MR) is 59.0 cm³/mol. The van der Waals surface area contributed by atoms with Crippen molar-refractivity contribution in [1.29, 1.82) is 0 Å². The maximum atomic E-state index is 5.90. The molecule has 0 aliphatic carbocycles. The number of nitrogen functional groups attached to an aromatic ring is 1. The first kappa shape index (κ1) is 9.89. The van der Waals surface area contributed by atoms with Crippen molar-refractivity contribution in [1.82, 2.24) is 9.88 Å². The van der Waals surface area contributed by atoms with Gasteiger partial charge in [-0.1, -0.05) is 0 Å². The third-order valence-corrected chi connectivity index (χ3v) is 3.32. The van der Waals surface area contributed by atoms with Gasteiger partial charge in [0.1, 0.15) is 10.8 Å². The first-order chi connectivity index (χ1) is 6.74. The first-order valence-electron chi connectivity index (χ1n) is 4.92. The number of thiazole rings is 1. The maximum Gasteiger partial charge on any atom is 0.134 e. The van der Waals surface area contributed by atoms with E-state index in [0.717, 1.165) is 31.1 Å². The molecule has 1 fully saturated rings. The van der Waals surface area contributed by atoms with Gasteiger partial charge in [-0.15, -0.1) is 11.3 Å². The molecule has 1 aliphatic rings. The minimum Gasteiger partial charge on any atom is -0.383 e. The summed E-state index contributed by atoms with van der Waals surface area (Å²) in [7, 11) is 0. The zero-order valence-electron chi connectivity index (χ0n) is 8.15. The van der Waals surface area contributed by atoms with Gasteiger partial charge < -0.3 is 11.5 Å². The molecule has 1 saturated heterocycles. The summed E-state index contributed by atoms with van der Waals surface area (Å²) in [4.78, 5) is 6.60. The van der Waals surface area contributed by atoms with Crippen LogP contribution in [-0.4, -0.2) is 29.0 Å². The number of aromatic nitrogens is 1. The van der Waals surface area contributed by atoms with Gasteiger partial charge in [-0.25, -0.2) is 4.98 Å². The smallest absolute Gasteiger partial charge is 0.134 e. The lowest BCUT2D eigenvalue weighted by Gasteiger charge is -2.29. The summed E-state index contributed by atoms with van der Waals surface area (Å²) in [6.45, 7) is 3.02. The summed E-state index contributed by atoms with van der Waals surface area (Å²) in [6, 6.07) is 0.334. The Balaban J connectivity index is 1.90. The third-order valence-electron chi connectivity index (χ3n) is 2.47. The number of nitrogens with zero attached hydrogens (tertiary/aromatic N) is 2. The molecule has 4 nitrogen and oxygen atoms in total. The summed E-state index contributed by atoms with van der Waals surface area (Å²) in [5, 5.41) is 2.98. The molecule has 0 aromatic carbocycles. The fourth-order valence-electron chi connectivity index (χ4n) is 1.82. The zero-order valence-corrected chi connectivity index (χ0v) is 8.96. The van der Waals surface area contributed by atoms with Gasteiger partial charge in [0.2, 0.25) is 0 Å². The molecule has 4 N–H and O–H groups in total. The quantitative estimate of drug-likeness (QED) is 0.755. The lowest BCUT2D eigenvalue weighted by molar-refractivity contribution is 0.201. The molecule has 0 saturated carbocycles. The van der Waals surface area contributed by atoms with Crippen LogP contribution in [0.5, 0.6) is 0 Å². The number of nitrogens with two attached hydrogens (primary N) is 2. The fourth-order valence-corrected chi connectivity index (χ4v) is 2.55. The Morgan fingerprint density at radius 3 is 3.14 bits per heavy atom. The van der Waals surface area contributed by atoms with E-state index >= 15 is 0 Å². The van der Waals surface area contributed by atoms with Gasteiger partial charge in [-0.3, -0.25) is 4.90 Å². The first-order valence-corrected chi connectivity index (χ1v) is 5.80. The Morgan fingerprint density at radius 2 is 2.50 bits per heavy atom. The van der Waals surface area contributed by atoms with Gasteiger partial charge in [-0.05, 0) is 19.4 Å². The van der Waals surface area contributed by atoms with Gasteiger partial charge in [0, 0.05) is 18.0 Å². The van der Waals surface area contributed by atoms with Crippen LogP contribution in [0, 0.1) is 0 Å². The molecule has 14 heavy (non-hydrogen) atoms.